The average Bonchev–Trinajstić information content (AvgIpc) is 3.23. The molecule has 0 saturated carbocycles. The number of rotatable bonds is 3. The third-order valence-corrected chi connectivity index (χ3v) is 4.69. The van der Waals surface area contributed by atoms with Crippen LogP contribution in [0.5, 0.6) is 0 Å². The van der Waals surface area contributed by atoms with Crippen molar-refractivity contribution in [1.29, 1.82) is 0 Å². The maximum atomic E-state index is 5.61. The van der Waals surface area contributed by atoms with Crippen molar-refractivity contribution in [3.8, 4) is 0 Å². The lowest BCUT2D eigenvalue weighted by Gasteiger charge is -2.20. The van der Waals surface area contributed by atoms with Gasteiger partial charge in [-0.3, -0.25) is 0 Å². The second-order valence-corrected chi connectivity index (χ2v) is 6.03. The minimum absolute atomic E-state index is 0.0159. The minimum atomic E-state index is 0.0159. The summed E-state index contributed by atoms with van der Waals surface area (Å²) < 4.78 is 11.1. The molecule has 0 bridgehead atoms. The fraction of sp³-hybridized carbons (Fsp3) is 0.615. The van der Waals surface area contributed by atoms with Gasteiger partial charge in [0.25, 0.3) is 0 Å². The smallest absolute Gasteiger partial charge is 0.249 e. The zero-order valence-electron chi connectivity index (χ0n) is 11.1. The van der Waals surface area contributed by atoms with E-state index in [-0.39, 0.29) is 12.1 Å². The zero-order valence-corrected chi connectivity index (χ0v) is 11.9. The van der Waals surface area contributed by atoms with Gasteiger partial charge in [0, 0.05) is 24.7 Å². The molecule has 2 fully saturated rings. The van der Waals surface area contributed by atoms with Crippen molar-refractivity contribution in [1.82, 2.24) is 15.1 Å². The zero-order chi connectivity index (χ0) is 13.4. The molecule has 2 aromatic rings. The molecule has 2 atom stereocenters. The molecular formula is C13H16N4O2S. The molecule has 0 aliphatic carbocycles. The molecule has 2 aliphatic heterocycles. The van der Waals surface area contributed by atoms with Crippen LogP contribution in [0, 0.1) is 0 Å². The number of hydrogen-bond donors (Lipinski definition) is 0. The number of ether oxygens (including phenoxy) is 1. The summed E-state index contributed by atoms with van der Waals surface area (Å²) in [5, 5.41) is 7.13. The van der Waals surface area contributed by atoms with E-state index in [4.69, 9.17) is 9.26 Å². The molecule has 0 unspecified atom stereocenters. The van der Waals surface area contributed by atoms with E-state index in [1.807, 2.05) is 11.6 Å². The van der Waals surface area contributed by atoms with Gasteiger partial charge in [0.2, 0.25) is 11.7 Å². The SMILES string of the molecule is c1csc(N2CCC[C@@H]2c2nc([C@@H]3CCCO3)no2)n1. The number of nitrogens with zero attached hydrogens (tertiary/aromatic N) is 4. The summed E-state index contributed by atoms with van der Waals surface area (Å²) >= 11 is 1.65. The van der Waals surface area contributed by atoms with Crippen LogP contribution < -0.4 is 4.90 Å². The highest BCUT2D eigenvalue weighted by atomic mass is 32.1. The predicted octanol–water partition coefficient (Wildman–Crippen LogP) is 2.72. The molecule has 0 spiro atoms. The third kappa shape index (κ3) is 2.10. The fourth-order valence-electron chi connectivity index (χ4n) is 2.90. The van der Waals surface area contributed by atoms with Crippen LogP contribution in [-0.2, 0) is 4.74 Å². The first-order valence-electron chi connectivity index (χ1n) is 7.03. The van der Waals surface area contributed by atoms with Crippen LogP contribution >= 0.6 is 11.3 Å². The number of hydrogen-bond acceptors (Lipinski definition) is 7. The molecule has 2 aromatic heterocycles. The van der Waals surface area contributed by atoms with E-state index in [1.54, 1.807) is 11.3 Å². The van der Waals surface area contributed by atoms with Gasteiger partial charge in [-0.05, 0) is 25.7 Å². The van der Waals surface area contributed by atoms with E-state index in [0.717, 1.165) is 44.0 Å². The summed E-state index contributed by atoms with van der Waals surface area (Å²) in [6, 6.07) is 0.156. The number of thiazole rings is 1. The highest BCUT2D eigenvalue weighted by Gasteiger charge is 2.33. The second kappa shape index (κ2) is 5.14. The van der Waals surface area contributed by atoms with Crippen LogP contribution in [0.2, 0.25) is 0 Å². The first kappa shape index (κ1) is 12.3. The third-order valence-electron chi connectivity index (χ3n) is 3.88. The van der Waals surface area contributed by atoms with Crippen molar-refractivity contribution in [3.63, 3.8) is 0 Å². The van der Waals surface area contributed by atoms with Crippen LogP contribution in [0.1, 0.15) is 49.5 Å². The lowest BCUT2D eigenvalue weighted by molar-refractivity contribution is 0.103. The van der Waals surface area contributed by atoms with Gasteiger partial charge in [0.15, 0.2) is 5.13 Å². The van der Waals surface area contributed by atoms with Crippen molar-refractivity contribution in [2.45, 2.75) is 37.8 Å². The average molecular weight is 292 g/mol. The summed E-state index contributed by atoms with van der Waals surface area (Å²) in [5.41, 5.74) is 0. The van der Waals surface area contributed by atoms with Crippen molar-refractivity contribution in [3.05, 3.63) is 23.3 Å². The molecule has 6 nitrogen and oxygen atoms in total. The van der Waals surface area contributed by atoms with Crippen molar-refractivity contribution >= 4 is 16.5 Å². The van der Waals surface area contributed by atoms with Gasteiger partial charge in [-0.1, -0.05) is 5.16 Å². The summed E-state index contributed by atoms with van der Waals surface area (Å²) in [4.78, 5) is 11.2. The topological polar surface area (TPSA) is 64.3 Å². The standard InChI is InChI=1S/C13H16N4O2S/c1-3-9(17(6-1)13-14-5-8-20-13)12-15-11(16-19-12)10-4-2-7-18-10/h5,8-10H,1-4,6-7H2/t9-,10+/m1/s1. The normalized spacial score (nSPS) is 26.5. The van der Waals surface area contributed by atoms with Crippen LogP contribution in [0.4, 0.5) is 5.13 Å². The molecule has 0 aromatic carbocycles. The highest BCUT2D eigenvalue weighted by molar-refractivity contribution is 7.13. The van der Waals surface area contributed by atoms with Gasteiger partial charge < -0.3 is 14.2 Å². The van der Waals surface area contributed by atoms with Crippen molar-refractivity contribution in [2.24, 2.45) is 0 Å². The first-order valence-corrected chi connectivity index (χ1v) is 7.91. The molecule has 20 heavy (non-hydrogen) atoms. The van der Waals surface area contributed by atoms with Crippen LogP contribution in [-0.4, -0.2) is 28.3 Å². The molecule has 4 heterocycles. The Bertz CT molecular complexity index is 565. The molecule has 0 radical (unpaired) electrons. The molecule has 106 valence electrons. The van der Waals surface area contributed by atoms with Gasteiger partial charge in [0.1, 0.15) is 12.1 Å². The Kier molecular flexibility index (Phi) is 3.16. The van der Waals surface area contributed by atoms with Crippen LogP contribution in [0.25, 0.3) is 0 Å². The van der Waals surface area contributed by atoms with E-state index in [1.165, 1.54) is 0 Å². The quantitative estimate of drug-likeness (QED) is 0.866. The molecule has 2 saturated heterocycles. The van der Waals surface area contributed by atoms with E-state index in [2.05, 4.69) is 20.0 Å². The largest absolute Gasteiger partial charge is 0.370 e. The molecular weight excluding hydrogens is 276 g/mol. The summed E-state index contributed by atoms with van der Waals surface area (Å²) in [6.45, 7) is 1.79. The van der Waals surface area contributed by atoms with E-state index < -0.39 is 0 Å². The lowest BCUT2D eigenvalue weighted by Crippen LogP contribution is -2.22. The van der Waals surface area contributed by atoms with Crippen molar-refractivity contribution < 1.29 is 9.26 Å². The Morgan fingerprint density at radius 3 is 3.10 bits per heavy atom. The Hall–Kier alpha value is -1.47. The van der Waals surface area contributed by atoms with Crippen molar-refractivity contribution in [2.75, 3.05) is 18.1 Å². The highest BCUT2D eigenvalue weighted by Crippen LogP contribution is 2.37. The van der Waals surface area contributed by atoms with Gasteiger partial charge in [-0.15, -0.1) is 11.3 Å². The van der Waals surface area contributed by atoms with E-state index in [0.29, 0.717) is 11.7 Å². The first-order chi connectivity index (χ1) is 9.92. The van der Waals surface area contributed by atoms with E-state index in [9.17, 15) is 0 Å². The predicted molar refractivity (Wildman–Crippen MR) is 73.7 cm³/mol. The van der Waals surface area contributed by atoms with Crippen LogP contribution in [0.3, 0.4) is 0 Å². The lowest BCUT2D eigenvalue weighted by atomic mass is 10.2. The monoisotopic (exact) mass is 292 g/mol. The molecule has 4 rings (SSSR count). The van der Waals surface area contributed by atoms with Gasteiger partial charge in [0.05, 0.1) is 0 Å². The summed E-state index contributed by atoms with van der Waals surface area (Å²) in [7, 11) is 0. The minimum Gasteiger partial charge on any atom is -0.370 e. The van der Waals surface area contributed by atoms with Gasteiger partial charge in [-0.25, -0.2) is 4.98 Å². The molecule has 0 N–H and O–H groups in total. The second-order valence-electron chi connectivity index (χ2n) is 5.16. The molecule has 0 amide bonds. The number of aromatic nitrogens is 3. The van der Waals surface area contributed by atoms with Crippen LogP contribution in [0.15, 0.2) is 16.1 Å². The number of anilines is 1. The Morgan fingerprint density at radius 2 is 2.30 bits per heavy atom. The summed E-state index contributed by atoms with van der Waals surface area (Å²) in [5.74, 6) is 1.40. The summed E-state index contributed by atoms with van der Waals surface area (Å²) in [6.07, 6.45) is 6.07. The Labute approximate surface area is 120 Å². The maximum absolute atomic E-state index is 5.61. The molecule has 2 aliphatic rings. The molecule has 7 heteroatoms. The Morgan fingerprint density at radius 1 is 1.30 bits per heavy atom. The Balaban J connectivity index is 1.57. The van der Waals surface area contributed by atoms with Gasteiger partial charge in [-0.2, -0.15) is 4.98 Å². The van der Waals surface area contributed by atoms with Gasteiger partial charge >= 0.3 is 0 Å². The maximum Gasteiger partial charge on any atom is 0.249 e. The fourth-order valence-corrected chi connectivity index (χ4v) is 3.62. The van der Waals surface area contributed by atoms with E-state index >= 15 is 0 Å².